The topological polar surface area (TPSA) is 162 Å². The van der Waals surface area contributed by atoms with Gasteiger partial charge in [-0.25, -0.2) is 9.59 Å². The predicted molar refractivity (Wildman–Crippen MR) is 154 cm³/mol. The van der Waals surface area contributed by atoms with Crippen LogP contribution >= 0.6 is 0 Å². The second-order valence-corrected chi connectivity index (χ2v) is 10.5. The van der Waals surface area contributed by atoms with Crippen molar-refractivity contribution in [3.05, 3.63) is 54.1 Å². The molecule has 12 nitrogen and oxygen atoms in total. The number of benzene rings is 2. The SMILES string of the molecule is COC(=O)NC(=N)c1ccc(-c2ccc(OC[C@@H]3C[C@@H](CC(=O)OC(C)OC(=O)OC4CCCCC4)C(=O)N3)cc2)cc1. The first-order valence-electron chi connectivity index (χ1n) is 14.3. The molecule has 0 bridgehead atoms. The van der Waals surface area contributed by atoms with E-state index in [-0.39, 0.29) is 36.9 Å². The van der Waals surface area contributed by atoms with Crippen molar-refractivity contribution in [3.63, 3.8) is 0 Å². The molecule has 2 aliphatic rings. The van der Waals surface area contributed by atoms with Gasteiger partial charge < -0.3 is 29.0 Å². The van der Waals surface area contributed by atoms with Crippen molar-refractivity contribution in [2.75, 3.05) is 13.7 Å². The van der Waals surface area contributed by atoms with E-state index in [0.29, 0.717) is 17.7 Å². The van der Waals surface area contributed by atoms with Crippen LogP contribution in [-0.4, -0.2) is 62.1 Å². The highest BCUT2D eigenvalue weighted by molar-refractivity contribution is 6.04. The summed E-state index contributed by atoms with van der Waals surface area (Å²) in [5.74, 6) is -0.912. The molecule has 3 atom stereocenters. The van der Waals surface area contributed by atoms with Crippen LogP contribution in [0.2, 0.25) is 0 Å². The number of esters is 1. The predicted octanol–water partition coefficient (Wildman–Crippen LogP) is 4.68. The van der Waals surface area contributed by atoms with Gasteiger partial charge in [-0.1, -0.05) is 42.8 Å². The van der Waals surface area contributed by atoms with E-state index in [2.05, 4.69) is 15.4 Å². The quantitative estimate of drug-likeness (QED) is 0.116. The number of alkyl carbamates (subject to hydrolysis) is 1. The molecule has 2 amide bonds. The van der Waals surface area contributed by atoms with Crippen molar-refractivity contribution in [3.8, 4) is 16.9 Å². The lowest BCUT2D eigenvalue weighted by atomic mass is 9.98. The van der Waals surface area contributed by atoms with Gasteiger partial charge in [0.25, 0.3) is 0 Å². The third-order valence-corrected chi connectivity index (χ3v) is 7.30. The molecule has 1 heterocycles. The Balaban J connectivity index is 1.18. The van der Waals surface area contributed by atoms with E-state index in [1.807, 2.05) is 36.4 Å². The second kappa shape index (κ2) is 15.0. The zero-order valence-electron chi connectivity index (χ0n) is 24.3. The van der Waals surface area contributed by atoms with Crippen molar-refractivity contribution in [1.29, 1.82) is 5.41 Å². The third-order valence-electron chi connectivity index (χ3n) is 7.30. The minimum absolute atomic E-state index is 0.0597. The number of rotatable bonds is 10. The van der Waals surface area contributed by atoms with E-state index in [0.717, 1.165) is 43.2 Å². The van der Waals surface area contributed by atoms with E-state index in [4.69, 9.17) is 24.4 Å². The maximum absolute atomic E-state index is 12.4. The number of hydrogen-bond acceptors (Lipinski definition) is 10. The average molecular weight is 596 g/mol. The first-order chi connectivity index (χ1) is 20.7. The van der Waals surface area contributed by atoms with Crippen molar-refractivity contribution in [1.82, 2.24) is 10.6 Å². The van der Waals surface area contributed by atoms with Gasteiger partial charge in [-0.05, 0) is 55.4 Å². The normalized spacial score (nSPS) is 19.0. The standard InChI is InChI=1S/C31H37N3O9/c1-19(42-31(38)43-26-6-4-3-5-7-26)41-27(35)17-23-16-24(33-29(23)36)18-40-25-14-12-21(13-15-25)20-8-10-22(11-9-20)28(32)34-30(37)39-2/h8-15,19,23-24,26H,3-7,16-18H2,1-2H3,(H,33,36)(H2,32,34,37)/t19?,23-,24-/m0/s1. The summed E-state index contributed by atoms with van der Waals surface area (Å²) < 4.78 is 25.9. The van der Waals surface area contributed by atoms with Crippen LogP contribution in [0.4, 0.5) is 9.59 Å². The number of hydrogen-bond donors (Lipinski definition) is 3. The molecule has 0 radical (unpaired) electrons. The number of carbonyl (C=O) groups is 4. The Morgan fingerprint density at radius 1 is 0.977 bits per heavy atom. The minimum Gasteiger partial charge on any atom is -0.491 e. The van der Waals surface area contributed by atoms with E-state index >= 15 is 0 Å². The Kier molecular flexibility index (Phi) is 11.0. The van der Waals surface area contributed by atoms with Crippen molar-refractivity contribution in [2.24, 2.45) is 5.92 Å². The van der Waals surface area contributed by atoms with Gasteiger partial charge in [-0.3, -0.25) is 20.3 Å². The van der Waals surface area contributed by atoms with Crippen molar-refractivity contribution < 1.29 is 42.9 Å². The zero-order chi connectivity index (χ0) is 30.8. The fraction of sp³-hybridized carbons (Fsp3) is 0.452. The van der Waals surface area contributed by atoms with E-state index in [1.54, 1.807) is 12.1 Å². The van der Waals surface area contributed by atoms with Gasteiger partial charge >= 0.3 is 18.2 Å². The summed E-state index contributed by atoms with van der Waals surface area (Å²) in [5, 5.41) is 13.1. The maximum atomic E-state index is 12.4. The lowest BCUT2D eigenvalue weighted by Crippen LogP contribution is -2.31. The Bertz CT molecular complexity index is 1290. The van der Waals surface area contributed by atoms with Gasteiger partial charge in [0.2, 0.25) is 12.2 Å². The van der Waals surface area contributed by atoms with E-state index < -0.39 is 30.4 Å². The molecule has 2 aromatic carbocycles. The Morgan fingerprint density at radius 3 is 2.28 bits per heavy atom. The number of methoxy groups -OCH3 is 1. The molecule has 2 fully saturated rings. The molecule has 12 heteroatoms. The Hall–Kier alpha value is -4.61. The molecular formula is C31H37N3O9. The van der Waals surface area contributed by atoms with Crippen LogP contribution in [0.25, 0.3) is 11.1 Å². The smallest absolute Gasteiger partial charge is 0.491 e. The number of ether oxygens (including phenoxy) is 5. The van der Waals surface area contributed by atoms with Gasteiger partial charge in [0, 0.05) is 12.5 Å². The van der Waals surface area contributed by atoms with Crippen LogP contribution in [0.3, 0.4) is 0 Å². The van der Waals surface area contributed by atoms with E-state index in [9.17, 15) is 19.2 Å². The van der Waals surface area contributed by atoms with Gasteiger partial charge in [-0.15, -0.1) is 0 Å². The molecule has 0 aromatic heterocycles. The molecule has 1 saturated carbocycles. The summed E-state index contributed by atoms with van der Waals surface area (Å²) >= 11 is 0. The summed E-state index contributed by atoms with van der Waals surface area (Å²) in [6, 6.07) is 14.3. The first-order valence-corrected chi connectivity index (χ1v) is 14.3. The monoisotopic (exact) mass is 595 g/mol. The molecular weight excluding hydrogens is 558 g/mol. The fourth-order valence-electron chi connectivity index (χ4n) is 5.05. The molecule has 3 N–H and O–H groups in total. The summed E-state index contributed by atoms with van der Waals surface area (Å²) in [6.07, 6.45) is 2.16. The summed E-state index contributed by atoms with van der Waals surface area (Å²) in [4.78, 5) is 48.1. The van der Waals surface area contributed by atoms with Gasteiger partial charge in [0.1, 0.15) is 24.3 Å². The van der Waals surface area contributed by atoms with Crippen molar-refractivity contribution in [2.45, 2.75) is 70.3 Å². The zero-order valence-corrected chi connectivity index (χ0v) is 24.3. The van der Waals surface area contributed by atoms with Crippen molar-refractivity contribution >= 4 is 30.0 Å². The van der Waals surface area contributed by atoms with Crippen LogP contribution in [0.15, 0.2) is 48.5 Å². The first kappa shape index (κ1) is 31.3. The molecule has 1 unspecified atom stereocenters. The lowest BCUT2D eigenvalue weighted by Gasteiger charge is -2.22. The Morgan fingerprint density at radius 2 is 1.63 bits per heavy atom. The fourth-order valence-corrected chi connectivity index (χ4v) is 5.05. The van der Waals surface area contributed by atoms with Crippen LogP contribution in [0, 0.1) is 11.3 Å². The van der Waals surface area contributed by atoms with Crippen LogP contribution in [0.1, 0.15) is 57.4 Å². The van der Waals surface area contributed by atoms with E-state index in [1.165, 1.54) is 14.0 Å². The summed E-state index contributed by atoms with van der Waals surface area (Å²) in [6.45, 7) is 1.66. The number of amides is 2. The summed E-state index contributed by atoms with van der Waals surface area (Å²) in [5.41, 5.74) is 2.39. The maximum Gasteiger partial charge on any atom is 0.511 e. The summed E-state index contributed by atoms with van der Waals surface area (Å²) in [7, 11) is 1.23. The molecule has 43 heavy (non-hydrogen) atoms. The van der Waals surface area contributed by atoms with Crippen LogP contribution < -0.4 is 15.4 Å². The van der Waals surface area contributed by atoms with Gasteiger partial charge in [0.15, 0.2) is 0 Å². The molecule has 1 aliphatic heterocycles. The molecule has 2 aromatic rings. The number of carbonyl (C=O) groups excluding carboxylic acids is 4. The molecule has 1 saturated heterocycles. The van der Waals surface area contributed by atoms with Crippen LogP contribution in [-0.2, 0) is 28.5 Å². The van der Waals surface area contributed by atoms with Gasteiger partial charge in [-0.2, -0.15) is 0 Å². The number of amidine groups is 1. The average Bonchev–Trinajstić information content (AvgIpc) is 3.34. The molecule has 1 aliphatic carbocycles. The third kappa shape index (κ3) is 9.45. The second-order valence-electron chi connectivity index (χ2n) is 10.5. The highest BCUT2D eigenvalue weighted by Crippen LogP contribution is 2.25. The highest BCUT2D eigenvalue weighted by atomic mass is 16.8. The molecule has 230 valence electrons. The number of nitrogens with one attached hydrogen (secondary N) is 3. The molecule has 0 spiro atoms. The lowest BCUT2D eigenvalue weighted by molar-refractivity contribution is -0.170. The van der Waals surface area contributed by atoms with Crippen LogP contribution in [0.5, 0.6) is 5.75 Å². The highest BCUT2D eigenvalue weighted by Gasteiger charge is 2.35. The molecule has 4 rings (SSSR count). The largest absolute Gasteiger partial charge is 0.511 e. The van der Waals surface area contributed by atoms with Gasteiger partial charge in [0.05, 0.1) is 25.5 Å². The Labute approximate surface area is 249 Å². The minimum atomic E-state index is -1.12.